The molecule has 0 aliphatic carbocycles. The van der Waals surface area contributed by atoms with Crippen molar-refractivity contribution < 1.29 is 4.79 Å². The van der Waals surface area contributed by atoms with Crippen LogP contribution in [0.1, 0.15) is 57.3 Å². The van der Waals surface area contributed by atoms with Gasteiger partial charge in [0.1, 0.15) is 0 Å². The predicted molar refractivity (Wildman–Crippen MR) is 88.2 cm³/mol. The van der Waals surface area contributed by atoms with E-state index in [0.29, 0.717) is 5.92 Å². The van der Waals surface area contributed by atoms with E-state index < -0.39 is 0 Å². The van der Waals surface area contributed by atoms with E-state index in [4.69, 9.17) is 0 Å². The average molecular weight is 281 g/mol. The minimum atomic E-state index is 0.0262. The molecule has 1 aromatic rings. The summed E-state index contributed by atoms with van der Waals surface area (Å²) >= 11 is 0. The van der Waals surface area contributed by atoms with Crippen molar-refractivity contribution in [2.24, 2.45) is 5.92 Å². The summed E-state index contributed by atoms with van der Waals surface area (Å²) in [5.41, 5.74) is 0.735. The number of rotatable bonds is 6. The predicted octanol–water partition coefficient (Wildman–Crippen LogP) is 3.77. The first-order valence-electron chi connectivity index (χ1n) is 7.27. The van der Waals surface area contributed by atoms with Crippen molar-refractivity contribution in [3.63, 3.8) is 0 Å². The normalized spacial score (nSPS) is 11.2. The maximum absolute atomic E-state index is 11.8. The maximum Gasteiger partial charge on any atom is 0.251 e. The monoisotopic (exact) mass is 281 g/mol. The van der Waals surface area contributed by atoms with Crippen LogP contribution in [0.4, 0.5) is 0 Å². The Morgan fingerprint density at radius 2 is 1.84 bits per heavy atom. The summed E-state index contributed by atoms with van der Waals surface area (Å²) in [5.74, 6) is 0.582. The molecule has 2 atom stereocenters. The van der Waals surface area contributed by atoms with Crippen molar-refractivity contribution in [1.82, 2.24) is 5.32 Å². The number of carbonyl (C=O) groups excluding carboxylic acids is 1. The molecule has 1 aromatic carbocycles. The third-order valence-electron chi connectivity index (χ3n) is 2.83. The summed E-state index contributed by atoms with van der Waals surface area (Å²) in [6.45, 7) is 9.14. The Hall–Kier alpha value is -0.880. The van der Waals surface area contributed by atoms with Gasteiger partial charge in [0.15, 0.2) is 0 Å². The summed E-state index contributed by atoms with van der Waals surface area (Å²) in [6, 6.07) is 7.57. The molecule has 0 fully saturated rings. The Morgan fingerprint density at radius 1 is 1.26 bits per heavy atom. The molecule has 108 valence electrons. The molecule has 0 aliphatic heterocycles. The van der Waals surface area contributed by atoms with Crippen molar-refractivity contribution in [3.05, 3.63) is 29.8 Å². The quantitative estimate of drug-likeness (QED) is 0.790. The van der Waals surface area contributed by atoms with Crippen LogP contribution in [0.15, 0.2) is 24.3 Å². The lowest BCUT2D eigenvalue weighted by atomic mass is 10.0. The number of hydrogen-bond acceptors (Lipinski definition) is 1. The van der Waals surface area contributed by atoms with E-state index >= 15 is 0 Å². The maximum atomic E-state index is 11.8. The largest absolute Gasteiger partial charge is 0.352 e. The lowest BCUT2D eigenvalue weighted by Crippen LogP contribution is -2.28. The number of benzene rings is 1. The van der Waals surface area contributed by atoms with Crippen LogP contribution in [0.2, 0.25) is 0 Å². The molecular formula is C16H28NOP. The average Bonchev–Trinajstić information content (AvgIpc) is 2.45. The molecule has 2 unspecified atom stereocenters. The fourth-order valence-electron chi connectivity index (χ4n) is 1.66. The number of amides is 1. The molecule has 0 saturated heterocycles. The third kappa shape index (κ3) is 8.00. The summed E-state index contributed by atoms with van der Waals surface area (Å²) < 4.78 is 0. The molecule has 2 nitrogen and oxygen atoms in total. The van der Waals surface area contributed by atoms with Gasteiger partial charge in [-0.1, -0.05) is 52.7 Å². The molecule has 0 aromatic heterocycles. The van der Waals surface area contributed by atoms with Crippen molar-refractivity contribution in [3.8, 4) is 0 Å². The molecule has 3 heteroatoms. The van der Waals surface area contributed by atoms with Gasteiger partial charge in [0.25, 0.3) is 5.91 Å². The van der Waals surface area contributed by atoms with Gasteiger partial charge in [-0.15, -0.1) is 9.24 Å². The second-order valence-electron chi connectivity index (χ2n) is 4.58. The molecule has 0 radical (unpaired) electrons. The molecule has 1 rings (SSSR count). The van der Waals surface area contributed by atoms with Crippen LogP contribution < -0.4 is 10.6 Å². The van der Waals surface area contributed by atoms with Crippen molar-refractivity contribution in [2.45, 2.75) is 47.0 Å². The first-order valence-corrected chi connectivity index (χ1v) is 7.85. The van der Waals surface area contributed by atoms with E-state index in [2.05, 4.69) is 28.4 Å². The van der Waals surface area contributed by atoms with Gasteiger partial charge in [0.05, 0.1) is 0 Å². The van der Waals surface area contributed by atoms with Gasteiger partial charge in [-0.2, -0.15) is 0 Å². The number of hydrogen-bond donors (Lipinski definition) is 1. The van der Waals surface area contributed by atoms with E-state index in [9.17, 15) is 4.79 Å². The first-order chi connectivity index (χ1) is 9.13. The summed E-state index contributed by atoms with van der Waals surface area (Å²) in [4.78, 5) is 11.8. The van der Waals surface area contributed by atoms with Crippen molar-refractivity contribution in [1.29, 1.82) is 0 Å². The van der Waals surface area contributed by atoms with Crippen LogP contribution in [-0.2, 0) is 0 Å². The molecule has 0 heterocycles. The van der Waals surface area contributed by atoms with E-state index in [-0.39, 0.29) is 5.91 Å². The third-order valence-corrected chi connectivity index (χ3v) is 3.22. The van der Waals surface area contributed by atoms with E-state index in [0.717, 1.165) is 17.4 Å². The highest BCUT2D eigenvalue weighted by molar-refractivity contribution is 7.27. The second kappa shape index (κ2) is 11.0. The van der Waals surface area contributed by atoms with Gasteiger partial charge in [0.2, 0.25) is 0 Å². The SMILES string of the molecule is CC.CCCCC(C)CNC(=O)c1ccc(P)cc1. The van der Waals surface area contributed by atoms with Crippen LogP contribution in [-0.4, -0.2) is 12.5 Å². The van der Waals surface area contributed by atoms with Gasteiger partial charge in [-0.3, -0.25) is 4.79 Å². The fraction of sp³-hybridized carbons (Fsp3) is 0.562. The molecular weight excluding hydrogens is 253 g/mol. The Bertz CT molecular complexity index is 348. The summed E-state index contributed by atoms with van der Waals surface area (Å²) in [5, 5.41) is 4.08. The van der Waals surface area contributed by atoms with Crippen LogP contribution in [0, 0.1) is 5.92 Å². The highest BCUT2D eigenvalue weighted by Crippen LogP contribution is 2.06. The van der Waals surface area contributed by atoms with Gasteiger partial charge in [-0.25, -0.2) is 0 Å². The zero-order valence-electron chi connectivity index (χ0n) is 12.7. The molecule has 0 bridgehead atoms. The van der Waals surface area contributed by atoms with E-state index in [1.54, 1.807) is 0 Å². The minimum absolute atomic E-state index is 0.0262. The van der Waals surface area contributed by atoms with Crippen LogP contribution in [0.25, 0.3) is 0 Å². The number of carbonyl (C=O) groups is 1. The Labute approximate surface area is 120 Å². The molecule has 0 spiro atoms. The first kappa shape index (κ1) is 18.1. The number of nitrogens with one attached hydrogen (secondary N) is 1. The van der Waals surface area contributed by atoms with Gasteiger partial charge < -0.3 is 5.32 Å². The topological polar surface area (TPSA) is 29.1 Å². The van der Waals surface area contributed by atoms with Crippen molar-refractivity contribution in [2.75, 3.05) is 6.54 Å². The molecule has 1 amide bonds. The standard InChI is InChI=1S/C14H22NOP.C2H6/c1-3-4-5-11(2)10-15-14(16)12-6-8-13(17)9-7-12;1-2/h6-9,11H,3-5,10,17H2,1-2H3,(H,15,16);1-2H3. The zero-order chi connectivity index (χ0) is 14.7. The lowest BCUT2D eigenvalue weighted by molar-refractivity contribution is 0.0947. The fourth-order valence-corrected chi connectivity index (χ4v) is 1.85. The van der Waals surface area contributed by atoms with Crippen LogP contribution in [0.3, 0.4) is 0 Å². The highest BCUT2D eigenvalue weighted by Gasteiger charge is 2.07. The molecule has 1 N–H and O–H groups in total. The van der Waals surface area contributed by atoms with E-state index in [1.807, 2.05) is 38.1 Å². The molecule has 0 saturated carbocycles. The Balaban J connectivity index is 0.00000154. The lowest BCUT2D eigenvalue weighted by Gasteiger charge is -2.12. The number of unbranched alkanes of at least 4 members (excludes halogenated alkanes) is 1. The Kier molecular flexibility index (Phi) is 10.5. The van der Waals surface area contributed by atoms with Gasteiger partial charge >= 0.3 is 0 Å². The molecule has 0 aliphatic rings. The zero-order valence-corrected chi connectivity index (χ0v) is 13.9. The smallest absolute Gasteiger partial charge is 0.251 e. The second-order valence-corrected chi connectivity index (χ2v) is 5.25. The van der Waals surface area contributed by atoms with Gasteiger partial charge in [-0.05, 0) is 29.8 Å². The van der Waals surface area contributed by atoms with Crippen LogP contribution >= 0.6 is 9.24 Å². The van der Waals surface area contributed by atoms with E-state index in [1.165, 1.54) is 19.3 Å². The summed E-state index contributed by atoms with van der Waals surface area (Å²) in [6.07, 6.45) is 3.63. The minimum Gasteiger partial charge on any atom is -0.352 e. The van der Waals surface area contributed by atoms with Crippen molar-refractivity contribution >= 4 is 20.5 Å². The Morgan fingerprint density at radius 3 is 2.37 bits per heavy atom. The van der Waals surface area contributed by atoms with Gasteiger partial charge in [0, 0.05) is 12.1 Å². The highest BCUT2D eigenvalue weighted by atomic mass is 31.0. The van der Waals surface area contributed by atoms with Crippen LogP contribution in [0.5, 0.6) is 0 Å². The summed E-state index contributed by atoms with van der Waals surface area (Å²) in [7, 11) is 2.61. The molecule has 19 heavy (non-hydrogen) atoms.